The van der Waals surface area contributed by atoms with Crippen LogP contribution in [0.3, 0.4) is 0 Å². The van der Waals surface area contributed by atoms with Gasteiger partial charge in [0.05, 0.1) is 0 Å². The number of nitrogens with one attached hydrogen (secondary N) is 1. The summed E-state index contributed by atoms with van der Waals surface area (Å²) in [6.45, 7) is 0. The van der Waals surface area contributed by atoms with Gasteiger partial charge in [0.2, 0.25) is 0 Å². The van der Waals surface area contributed by atoms with Crippen LogP contribution in [0.15, 0.2) is 66.9 Å². The van der Waals surface area contributed by atoms with Gasteiger partial charge in [0, 0.05) is 17.1 Å². The first kappa shape index (κ1) is 11.4. The summed E-state index contributed by atoms with van der Waals surface area (Å²) in [5, 5.41) is 4.85. The third-order valence-electron chi connectivity index (χ3n) is 2.94. The van der Waals surface area contributed by atoms with E-state index in [1.165, 1.54) is 0 Å². The molecule has 3 aromatic rings. The fourth-order valence-corrected chi connectivity index (χ4v) is 1.99. The Morgan fingerprint density at radius 3 is 2.47 bits per heavy atom. The maximum atomic E-state index is 12.1. The van der Waals surface area contributed by atoms with Crippen LogP contribution >= 0.6 is 0 Å². The third kappa shape index (κ3) is 2.31. The molecule has 3 rings (SSSR count). The molecule has 1 amide bonds. The average Bonchev–Trinajstić information content (AvgIpc) is 2.48. The number of amides is 1. The summed E-state index contributed by atoms with van der Waals surface area (Å²) in [7, 11) is 0. The molecule has 0 spiro atoms. The van der Waals surface area contributed by atoms with Gasteiger partial charge in [-0.1, -0.05) is 42.5 Å². The Labute approximate surface area is 110 Å². The lowest BCUT2D eigenvalue weighted by Crippen LogP contribution is -2.12. The van der Waals surface area contributed by atoms with Crippen LogP contribution in [-0.2, 0) is 0 Å². The second-order valence-electron chi connectivity index (χ2n) is 4.20. The van der Waals surface area contributed by atoms with Crippen LogP contribution in [0, 0.1) is 0 Å². The van der Waals surface area contributed by atoms with E-state index in [0.29, 0.717) is 11.4 Å². The zero-order valence-electron chi connectivity index (χ0n) is 10.2. The average molecular weight is 248 g/mol. The van der Waals surface area contributed by atoms with Gasteiger partial charge in [-0.2, -0.15) is 0 Å². The minimum absolute atomic E-state index is 0.149. The van der Waals surface area contributed by atoms with Gasteiger partial charge in [-0.25, -0.2) is 4.98 Å². The Bertz CT molecular complexity index is 718. The van der Waals surface area contributed by atoms with E-state index in [0.717, 1.165) is 10.8 Å². The Kier molecular flexibility index (Phi) is 2.94. The SMILES string of the molecule is O=C(Nc1nccc2ccccc12)c1ccccc1. The van der Waals surface area contributed by atoms with Gasteiger partial charge in [-0.15, -0.1) is 0 Å². The van der Waals surface area contributed by atoms with Crippen molar-refractivity contribution in [2.45, 2.75) is 0 Å². The van der Waals surface area contributed by atoms with E-state index in [9.17, 15) is 4.79 Å². The van der Waals surface area contributed by atoms with Crippen LogP contribution in [0.2, 0.25) is 0 Å². The van der Waals surface area contributed by atoms with Gasteiger partial charge >= 0.3 is 0 Å². The maximum absolute atomic E-state index is 12.1. The molecule has 1 aromatic heterocycles. The molecule has 0 atom stereocenters. The Hall–Kier alpha value is -2.68. The molecule has 1 N–H and O–H groups in total. The number of hydrogen-bond donors (Lipinski definition) is 1. The Balaban J connectivity index is 1.96. The number of aromatic nitrogens is 1. The highest BCUT2D eigenvalue weighted by Gasteiger charge is 2.08. The number of fused-ring (bicyclic) bond motifs is 1. The number of carbonyl (C=O) groups is 1. The van der Waals surface area contributed by atoms with Crippen molar-refractivity contribution in [2.75, 3.05) is 5.32 Å². The molecule has 0 saturated heterocycles. The van der Waals surface area contributed by atoms with Crippen LogP contribution in [0.1, 0.15) is 10.4 Å². The first-order valence-corrected chi connectivity index (χ1v) is 6.05. The zero-order chi connectivity index (χ0) is 13.1. The molecule has 92 valence electrons. The fourth-order valence-electron chi connectivity index (χ4n) is 1.99. The number of anilines is 1. The second-order valence-corrected chi connectivity index (χ2v) is 4.20. The molecular weight excluding hydrogens is 236 g/mol. The first-order chi connectivity index (χ1) is 9.34. The quantitative estimate of drug-likeness (QED) is 0.754. The molecule has 1 heterocycles. The van der Waals surface area contributed by atoms with Crippen LogP contribution in [-0.4, -0.2) is 10.9 Å². The summed E-state index contributed by atoms with van der Waals surface area (Å²) >= 11 is 0. The fraction of sp³-hybridized carbons (Fsp3) is 0. The van der Waals surface area contributed by atoms with Gasteiger partial charge in [0.1, 0.15) is 5.82 Å². The largest absolute Gasteiger partial charge is 0.306 e. The summed E-state index contributed by atoms with van der Waals surface area (Å²) in [6, 6.07) is 18.9. The summed E-state index contributed by atoms with van der Waals surface area (Å²) in [6.07, 6.45) is 1.70. The highest BCUT2D eigenvalue weighted by molar-refractivity contribution is 6.07. The van der Waals surface area contributed by atoms with Gasteiger partial charge in [-0.3, -0.25) is 4.79 Å². The van der Waals surface area contributed by atoms with E-state index < -0.39 is 0 Å². The molecule has 19 heavy (non-hydrogen) atoms. The summed E-state index contributed by atoms with van der Waals surface area (Å²) in [4.78, 5) is 16.3. The lowest BCUT2D eigenvalue weighted by atomic mass is 10.1. The third-order valence-corrected chi connectivity index (χ3v) is 2.94. The van der Waals surface area contributed by atoms with Gasteiger partial charge < -0.3 is 5.32 Å². The molecule has 0 saturated carbocycles. The monoisotopic (exact) mass is 248 g/mol. The van der Waals surface area contributed by atoms with Crippen LogP contribution < -0.4 is 5.32 Å². The van der Waals surface area contributed by atoms with Crippen molar-refractivity contribution in [3.63, 3.8) is 0 Å². The smallest absolute Gasteiger partial charge is 0.256 e. The van der Waals surface area contributed by atoms with Crippen molar-refractivity contribution in [1.82, 2.24) is 4.98 Å². The molecule has 0 aliphatic carbocycles. The van der Waals surface area contributed by atoms with E-state index in [4.69, 9.17) is 0 Å². The van der Waals surface area contributed by atoms with Crippen molar-refractivity contribution in [3.8, 4) is 0 Å². The van der Waals surface area contributed by atoms with Crippen molar-refractivity contribution < 1.29 is 4.79 Å². The highest BCUT2D eigenvalue weighted by Crippen LogP contribution is 2.20. The molecule has 0 bridgehead atoms. The summed E-state index contributed by atoms with van der Waals surface area (Å²) in [5.41, 5.74) is 0.622. The van der Waals surface area contributed by atoms with Crippen LogP contribution in [0.25, 0.3) is 10.8 Å². The highest BCUT2D eigenvalue weighted by atomic mass is 16.1. The minimum atomic E-state index is -0.149. The predicted octanol–water partition coefficient (Wildman–Crippen LogP) is 3.49. The Morgan fingerprint density at radius 2 is 1.63 bits per heavy atom. The molecule has 0 aliphatic rings. The normalized spacial score (nSPS) is 10.3. The van der Waals surface area contributed by atoms with Crippen molar-refractivity contribution in [3.05, 3.63) is 72.4 Å². The number of rotatable bonds is 2. The van der Waals surface area contributed by atoms with Crippen molar-refractivity contribution in [1.29, 1.82) is 0 Å². The maximum Gasteiger partial charge on any atom is 0.256 e. The number of carbonyl (C=O) groups excluding carboxylic acids is 1. The van der Waals surface area contributed by atoms with E-state index >= 15 is 0 Å². The molecule has 0 radical (unpaired) electrons. The Morgan fingerprint density at radius 1 is 0.895 bits per heavy atom. The summed E-state index contributed by atoms with van der Waals surface area (Å²) < 4.78 is 0. The molecule has 0 unspecified atom stereocenters. The number of pyridine rings is 1. The van der Waals surface area contributed by atoms with Gasteiger partial charge in [-0.05, 0) is 23.6 Å². The summed E-state index contributed by atoms with van der Waals surface area (Å²) in [5.74, 6) is 0.441. The van der Waals surface area contributed by atoms with Crippen molar-refractivity contribution in [2.24, 2.45) is 0 Å². The van der Waals surface area contributed by atoms with Gasteiger partial charge in [0.25, 0.3) is 5.91 Å². The van der Waals surface area contributed by atoms with Crippen LogP contribution in [0.5, 0.6) is 0 Å². The predicted molar refractivity (Wildman–Crippen MR) is 76.1 cm³/mol. The van der Waals surface area contributed by atoms with E-state index in [2.05, 4.69) is 10.3 Å². The first-order valence-electron chi connectivity index (χ1n) is 6.05. The van der Waals surface area contributed by atoms with E-state index in [1.807, 2.05) is 48.5 Å². The van der Waals surface area contributed by atoms with E-state index in [-0.39, 0.29) is 5.91 Å². The van der Waals surface area contributed by atoms with Crippen molar-refractivity contribution >= 4 is 22.5 Å². The molecular formula is C16H12N2O. The minimum Gasteiger partial charge on any atom is -0.306 e. The number of hydrogen-bond acceptors (Lipinski definition) is 2. The van der Waals surface area contributed by atoms with Crippen LogP contribution in [0.4, 0.5) is 5.82 Å². The standard InChI is InChI=1S/C16H12N2O/c19-16(13-7-2-1-3-8-13)18-15-14-9-5-4-6-12(14)10-11-17-15/h1-11H,(H,17,18,19). The molecule has 3 heteroatoms. The topological polar surface area (TPSA) is 42.0 Å². The molecule has 2 aromatic carbocycles. The second kappa shape index (κ2) is 4.90. The number of benzene rings is 2. The molecule has 3 nitrogen and oxygen atoms in total. The van der Waals surface area contributed by atoms with E-state index in [1.54, 1.807) is 18.3 Å². The molecule has 0 aliphatic heterocycles. The molecule has 0 fully saturated rings. The lowest BCUT2D eigenvalue weighted by molar-refractivity contribution is 0.102. The number of nitrogens with zero attached hydrogens (tertiary/aromatic N) is 1. The van der Waals surface area contributed by atoms with Gasteiger partial charge in [0.15, 0.2) is 0 Å². The zero-order valence-corrected chi connectivity index (χ0v) is 10.2. The lowest BCUT2D eigenvalue weighted by Gasteiger charge is -2.07.